The van der Waals surface area contributed by atoms with Gasteiger partial charge in [0.25, 0.3) is 0 Å². The third kappa shape index (κ3) is 2.45. The summed E-state index contributed by atoms with van der Waals surface area (Å²) in [6.45, 7) is 2.34. The lowest BCUT2D eigenvalue weighted by molar-refractivity contribution is 0.349. The Morgan fingerprint density at radius 3 is 2.23 bits per heavy atom. The zero-order chi connectivity index (χ0) is 9.26. The Kier molecular flexibility index (Phi) is 2.56. The largest absolute Gasteiger partial charge is 0.387 e. The van der Waals surface area contributed by atoms with E-state index in [0.717, 1.165) is 11.8 Å². The van der Waals surface area contributed by atoms with Gasteiger partial charge in [0.1, 0.15) is 0 Å². The fraction of sp³-hybridized carbons (Fsp3) is 0.909. The molecule has 0 aromatic heterocycles. The minimum atomic E-state index is 0.553. The highest BCUT2D eigenvalue weighted by molar-refractivity contribution is 5.85. The lowest BCUT2D eigenvalue weighted by atomic mass is 9.88. The molecule has 0 spiro atoms. The molecule has 0 saturated heterocycles. The Morgan fingerprint density at radius 2 is 1.69 bits per heavy atom. The molecule has 74 valence electrons. The SMILES string of the molecule is CC1CCC(N=C(N)C2CC2)CC1. The predicted octanol–water partition coefficient (Wildman–Crippen LogP) is 2.33. The van der Waals surface area contributed by atoms with Gasteiger partial charge in [-0.1, -0.05) is 6.92 Å². The number of amidine groups is 1. The fourth-order valence-electron chi connectivity index (χ4n) is 2.07. The van der Waals surface area contributed by atoms with E-state index >= 15 is 0 Å². The molecule has 0 amide bonds. The number of aliphatic imine (C=N–C) groups is 1. The van der Waals surface area contributed by atoms with Gasteiger partial charge in [0.2, 0.25) is 0 Å². The third-order valence-corrected chi connectivity index (χ3v) is 3.31. The number of rotatable bonds is 2. The molecule has 0 aliphatic heterocycles. The summed E-state index contributed by atoms with van der Waals surface area (Å²) in [6.07, 6.45) is 7.75. The van der Waals surface area contributed by atoms with Crippen LogP contribution in [0.3, 0.4) is 0 Å². The van der Waals surface area contributed by atoms with Crippen LogP contribution < -0.4 is 5.73 Å². The molecule has 0 atom stereocenters. The molecular formula is C11H20N2. The van der Waals surface area contributed by atoms with Crippen molar-refractivity contribution in [2.24, 2.45) is 22.6 Å². The number of nitrogens with zero attached hydrogens (tertiary/aromatic N) is 1. The van der Waals surface area contributed by atoms with Crippen LogP contribution in [0.25, 0.3) is 0 Å². The zero-order valence-corrected chi connectivity index (χ0v) is 8.50. The maximum absolute atomic E-state index is 5.89. The van der Waals surface area contributed by atoms with Gasteiger partial charge in [-0.3, -0.25) is 4.99 Å². The van der Waals surface area contributed by atoms with Crippen LogP contribution in [0.4, 0.5) is 0 Å². The first-order valence-corrected chi connectivity index (χ1v) is 5.59. The van der Waals surface area contributed by atoms with Crippen molar-refractivity contribution in [1.82, 2.24) is 0 Å². The number of hydrogen-bond donors (Lipinski definition) is 1. The van der Waals surface area contributed by atoms with E-state index in [-0.39, 0.29) is 0 Å². The molecular weight excluding hydrogens is 160 g/mol. The van der Waals surface area contributed by atoms with Crippen molar-refractivity contribution in [3.8, 4) is 0 Å². The lowest BCUT2D eigenvalue weighted by Crippen LogP contribution is -2.22. The van der Waals surface area contributed by atoms with Crippen LogP contribution in [0.1, 0.15) is 45.4 Å². The van der Waals surface area contributed by atoms with Crippen molar-refractivity contribution in [2.45, 2.75) is 51.5 Å². The predicted molar refractivity (Wildman–Crippen MR) is 55.8 cm³/mol. The maximum Gasteiger partial charge on any atom is 0.0971 e. The van der Waals surface area contributed by atoms with Crippen LogP contribution in [0, 0.1) is 11.8 Å². The molecule has 0 aromatic carbocycles. The van der Waals surface area contributed by atoms with Crippen molar-refractivity contribution < 1.29 is 0 Å². The molecule has 0 radical (unpaired) electrons. The van der Waals surface area contributed by atoms with E-state index in [1.165, 1.54) is 38.5 Å². The second kappa shape index (κ2) is 3.69. The molecule has 2 aliphatic carbocycles. The minimum Gasteiger partial charge on any atom is -0.387 e. The molecule has 2 rings (SSSR count). The topological polar surface area (TPSA) is 38.4 Å². The van der Waals surface area contributed by atoms with E-state index in [4.69, 9.17) is 5.73 Å². The van der Waals surface area contributed by atoms with E-state index in [1.807, 2.05) is 0 Å². The molecule has 2 heteroatoms. The van der Waals surface area contributed by atoms with Gasteiger partial charge in [-0.25, -0.2) is 0 Å². The van der Waals surface area contributed by atoms with Crippen LogP contribution in [-0.2, 0) is 0 Å². The Balaban J connectivity index is 1.83. The molecule has 0 unspecified atom stereocenters. The van der Waals surface area contributed by atoms with Crippen molar-refractivity contribution in [3.63, 3.8) is 0 Å². The second-order valence-corrected chi connectivity index (χ2v) is 4.74. The Hall–Kier alpha value is -0.530. The minimum absolute atomic E-state index is 0.553. The first-order valence-electron chi connectivity index (χ1n) is 5.59. The summed E-state index contributed by atoms with van der Waals surface area (Å²) in [6, 6.07) is 0.553. The monoisotopic (exact) mass is 180 g/mol. The van der Waals surface area contributed by atoms with Crippen LogP contribution >= 0.6 is 0 Å². The van der Waals surface area contributed by atoms with Gasteiger partial charge in [-0.15, -0.1) is 0 Å². The van der Waals surface area contributed by atoms with Crippen LogP contribution in [-0.4, -0.2) is 11.9 Å². The molecule has 2 aliphatic rings. The molecule has 0 aromatic rings. The van der Waals surface area contributed by atoms with Gasteiger partial charge in [-0.05, 0) is 44.4 Å². The molecule has 2 fully saturated rings. The molecule has 2 saturated carbocycles. The van der Waals surface area contributed by atoms with Gasteiger partial charge >= 0.3 is 0 Å². The highest BCUT2D eigenvalue weighted by Gasteiger charge is 2.27. The fourth-order valence-corrected chi connectivity index (χ4v) is 2.07. The van der Waals surface area contributed by atoms with Gasteiger partial charge in [0.15, 0.2) is 0 Å². The van der Waals surface area contributed by atoms with E-state index in [2.05, 4.69) is 11.9 Å². The average Bonchev–Trinajstić information content (AvgIpc) is 2.91. The van der Waals surface area contributed by atoms with E-state index in [1.54, 1.807) is 0 Å². The normalized spacial score (nSPS) is 36.2. The van der Waals surface area contributed by atoms with Crippen molar-refractivity contribution in [1.29, 1.82) is 0 Å². The van der Waals surface area contributed by atoms with Gasteiger partial charge < -0.3 is 5.73 Å². The molecule has 13 heavy (non-hydrogen) atoms. The Morgan fingerprint density at radius 1 is 1.08 bits per heavy atom. The van der Waals surface area contributed by atoms with Crippen LogP contribution in [0.2, 0.25) is 0 Å². The van der Waals surface area contributed by atoms with E-state index in [0.29, 0.717) is 12.0 Å². The second-order valence-electron chi connectivity index (χ2n) is 4.74. The smallest absolute Gasteiger partial charge is 0.0971 e. The van der Waals surface area contributed by atoms with E-state index in [9.17, 15) is 0 Å². The molecule has 2 nitrogen and oxygen atoms in total. The summed E-state index contributed by atoms with van der Waals surface area (Å²) < 4.78 is 0. The molecule has 2 N–H and O–H groups in total. The summed E-state index contributed by atoms with van der Waals surface area (Å²) in [5.74, 6) is 2.51. The van der Waals surface area contributed by atoms with Crippen LogP contribution in [0.5, 0.6) is 0 Å². The Bertz CT molecular complexity index is 198. The quantitative estimate of drug-likeness (QED) is 0.514. The number of nitrogens with two attached hydrogens (primary N) is 1. The third-order valence-electron chi connectivity index (χ3n) is 3.31. The lowest BCUT2D eigenvalue weighted by Gasteiger charge is -2.23. The number of hydrogen-bond acceptors (Lipinski definition) is 1. The van der Waals surface area contributed by atoms with Crippen molar-refractivity contribution in [2.75, 3.05) is 0 Å². The van der Waals surface area contributed by atoms with Crippen molar-refractivity contribution >= 4 is 5.84 Å². The van der Waals surface area contributed by atoms with E-state index < -0.39 is 0 Å². The zero-order valence-electron chi connectivity index (χ0n) is 8.50. The highest BCUT2D eigenvalue weighted by atomic mass is 14.9. The summed E-state index contributed by atoms with van der Waals surface area (Å²) in [5.41, 5.74) is 5.89. The summed E-state index contributed by atoms with van der Waals surface area (Å²) >= 11 is 0. The highest BCUT2D eigenvalue weighted by Crippen LogP contribution is 2.31. The van der Waals surface area contributed by atoms with Crippen molar-refractivity contribution in [3.05, 3.63) is 0 Å². The van der Waals surface area contributed by atoms with Gasteiger partial charge in [-0.2, -0.15) is 0 Å². The first-order chi connectivity index (χ1) is 6.25. The summed E-state index contributed by atoms with van der Waals surface area (Å²) in [4.78, 5) is 4.63. The average molecular weight is 180 g/mol. The standard InChI is InChI=1S/C11H20N2/c1-8-2-6-10(7-3-8)13-11(12)9-4-5-9/h8-10H,2-7H2,1H3,(H2,12,13). The first kappa shape index (κ1) is 9.04. The van der Waals surface area contributed by atoms with Gasteiger partial charge in [0.05, 0.1) is 11.9 Å². The molecule has 0 heterocycles. The molecule has 0 bridgehead atoms. The van der Waals surface area contributed by atoms with Crippen LogP contribution in [0.15, 0.2) is 4.99 Å². The summed E-state index contributed by atoms with van der Waals surface area (Å²) in [7, 11) is 0. The van der Waals surface area contributed by atoms with Gasteiger partial charge in [0, 0.05) is 5.92 Å². The summed E-state index contributed by atoms with van der Waals surface area (Å²) in [5, 5.41) is 0. The maximum atomic E-state index is 5.89. The Labute approximate surface area is 80.6 Å².